The van der Waals surface area contributed by atoms with E-state index in [2.05, 4.69) is 35.8 Å². The Balaban J connectivity index is 1.68. The zero-order valence-electron chi connectivity index (χ0n) is 13.4. The van der Waals surface area contributed by atoms with Crippen LogP contribution in [0, 0.1) is 0 Å². The molecule has 3 rings (SSSR count). The monoisotopic (exact) mass is 321 g/mol. The van der Waals surface area contributed by atoms with Gasteiger partial charge in [0.2, 0.25) is 11.7 Å². The van der Waals surface area contributed by atoms with E-state index in [1.807, 2.05) is 17.5 Å². The van der Waals surface area contributed by atoms with Gasteiger partial charge in [0.25, 0.3) is 0 Å². The number of ether oxygens (including phenoxy) is 1. The van der Waals surface area contributed by atoms with Crippen molar-refractivity contribution in [2.45, 2.75) is 51.8 Å². The number of hydrogen-bond donors (Lipinski definition) is 0. The van der Waals surface area contributed by atoms with Crippen LogP contribution >= 0.6 is 11.3 Å². The van der Waals surface area contributed by atoms with Crippen molar-refractivity contribution in [3.8, 4) is 10.7 Å². The topological polar surface area (TPSA) is 51.4 Å². The highest BCUT2D eigenvalue weighted by molar-refractivity contribution is 7.13. The van der Waals surface area contributed by atoms with Gasteiger partial charge in [0.05, 0.1) is 17.0 Å². The Morgan fingerprint density at radius 3 is 3.00 bits per heavy atom. The Kier molecular flexibility index (Phi) is 4.61. The van der Waals surface area contributed by atoms with Gasteiger partial charge in [-0.1, -0.05) is 18.1 Å². The predicted molar refractivity (Wildman–Crippen MR) is 86.7 cm³/mol. The summed E-state index contributed by atoms with van der Waals surface area (Å²) in [5.74, 6) is 1.38. The summed E-state index contributed by atoms with van der Waals surface area (Å²) in [6.45, 7) is 8.99. The summed E-state index contributed by atoms with van der Waals surface area (Å²) in [4.78, 5) is 7.99. The van der Waals surface area contributed by atoms with Crippen LogP contribution in [0.2, 0.25) is 0 Å². The zero-order chi connectivity index (χ0) is 15.6. The summed E-state index contributed by atoms with van der Waals surface area (Å²) >= 11 is 1.63. The first kappa shape index (κ1) is 15.6. The molecule has 0 bridgehead atoms. The van der Waals surface area contributed by atoms with Gasteiger partial charge < -0.3 is 9.26 Å². The molecule has 22 heavy (non-hydrogen) atoms. The van der Waals surface area contributed by atoms with Crippen LogP contribution in [0.25, 0.3) is 10.7 Å². The highest BCUT2D eigenvalue weighted by atomic mass is 32.1. The normalized spacial score (nSPS) is 21.4. The minimum atomic E-state index is -0.0483. The van der Waals surface area contributed by atoms with E-state index in [0.717, 1.165) is 30.9 Å². The first-order valence-corrected chi connectivity index (χ1v) is 8.70. The number of rotatable bonds is 5. The molecule has 0 spiro atoms. The summed E-state index contributed by atoms with van der Waals surface area (Å²) in [6.07, 6.45) is 2.09. The first-order chi connectivity index (χ1) is 10.6. The van der Waals surface area contributed by atoms with Gasteiger partial charge in [-0.25, -0.2) is 0 Å². The van der Waals surface area contributed by atoms with Crippen molar-refractivity contribution < 1.29 is 9.26 Å². The molecule has 0 amide bonds. The Morgan fingerprint density at radius 1 is 1.45 bits per heavy atom. The van der Waals surface area contributed by atoms with Crippen molar-refractivity contribution in [2.24, 2.45) is 0 Å². The van der Waals surface area contributed by atoms with Gasteiger partial charge in [-0.2, -0.15) is 4.98 Å². The van der Waals surface area contributed by atoms with Gasteiger partial charge >= 0.3 is 0 Å². The molecule has 0 aromatic carbocycles. The molecular formula is C16H23N3O2S. The minimum absolute atomic E-state index is 0.0483. The molecule has 1 fully saturated rings. The average Bonchev–Trinajstić information content (AvgIpc) is 3.14. The standard InChI is InChI=1S/C16H23N3O2S/c1-4-19(12-7-8-20-16(2,3)10-12)11-14-17-15(18-21-14)13-6-5-9-22-13/h5-6,9,12H,4,7-8,10-11H2,1-3H3/t12-/m0/s1. The highest BCUT2D eigenvalue weighted by Crippen LogP contribution is 2.28. The van der Waals surface area contributed by atoms with Crippen LogP contribution in [0.4, 0.5) is 0 Å². The molecule has 3 heterocycles. The molecule has 1 aliphatic heterocycles. The van der Waals surface area contributed by atoms with Crippen molar-refractivity contribution in [1.82, 2.24) is 15.0 Å². The van der Waals surface area contributed by atoms with Crippen LogP contribution in [0.1, 0.15) is 39.5 Å². The lowest BCUT2D eigenvalue weighted by Gasteiger charge is -2.40. The maximum Gasteiger partial charge on any atom is 0.241 e. The Morgan fingerprint density at radius 2 is 2.32 bits per heavy atom. The number of hydrogen-bond acceptors (Lipinski definition) is 6. The van der Waals surface area contributed by atoms with Gasteiger partial charge in [-0.15, -0.1) is 11.3 Å². The lowest BCUT2D eigenvalue weighted by molar-refractivity contribution is -0.0848. The van der Waals surface area contributed by atoms with Crippen LogP contribution < -0.4 is 0 Å². The van der Waals surface area contributed by atoms with Crippen LogP contribution in [0.15, 0.2) is 22.0 Å². The van der Waals surface area contributed by atoms with E-state index < -0.39 is 0 Å². The summed E-state index contributed by atoms with van der Waals surface area (Å²) in [5.41, 5.74) is -0.0483. The molecule has 0 saturated carbocycles. The molecule has 120 valence electrons. The molecule has 1 atom stereocenters. The second-order valence-corrected chi connectivity index (χ2v) is 7.25. The van der Waals surface area contributed by atoms with Crippen molar-refractivity contribution in [3.63, 3.8) is 0 Å². The van der Waals surface area contributed by atoms with Crippen molar-refractivity contribution in [2.75, 3.05) is 13.2 Å². The first-order valence-electron chi connectivity index (χ1n) is 7.82. The van der Waals surface area contributed by atoms with Crippen LogP contribution in [-0.2, 0) is 11.3 Å². The average molecular weight is 321 g/mol. The summed E-state index contributed by atoms with van der Waals surface area (Å²) in [6, 6.07) is 4.52. The number of aromatic nitrogens is 2. The molecule has 0 unspecified atom stereocenters. The molecular weight excluding hydrogens is 298 g/mol. The summed E-state index contributed by atoms with van der Waals surface area (Å²) in [5, 5.41) is 6.11. The maximum atomic E-state index is 5.82. The smallest absolute Gasteiger partial charge is 0.241 e. The van der Waals surface area contributed by atoms with E-state index in [1.54, 1.807) is 11.3 Å². The van der Waals surface area contributed by atoms with Gasteiger partial charge in [0, 0.05) is 12.6 Å². The van der Waals surface area contributed by atoms with Crippen molar-refractivity contribution in [1.29, 1.82) is 0 Å². The second kappa shape index (κ2) is 6.48. The molecule has 0 N–H and O–H groups in total. The van der Waals surface area contributed by atoms with Gasteiger partial charge in [0.1, 0.15) is 0 Å². The molecule has 5 nitrogen and oxygen atoms in total. The van der Waals surface area contributed by atoms with E-state index in [-0.39, 0.29) is 5.60 Å². The summed E-state index contributed by atoms with van der Waals surface area (Å²) in [7, 11) is 0. The van der Waals surface area contributed by atoms with E-state index in [1.165, 1.54) is 0 Å². The zero-order valence-corrected chi connectivity index (χ0v) is 14.2. The van der Waals surface area contributed by atoms with Crippen molar-refractivity contribution in [3.05, 3.63) is 23.4 Å². The molecule has 6 heteroatoms. The predicted octanol–water partition coefficient (Wildman–Crippen LogP) is 3.58. The van der Waals surface area contributed by atoms with E-state index in [9.17, 15) is 0 Å². The maximum absolute atomic E-state index is 5.82. The Hall–Kier alpha value is -1.24. The fourth-order valence-corrected chi connectivity index (χ4v) is 3.66. The van der Waals surface area contributed by atoms with Crippen LogP contribution in [-0.4, -0.2) is 39.8 Å². The lowest BCUT2D eigenvalue weighted by atomic mass is 9.93. The third kappa shape index (κ3) is 3.56. The van der Waals surface area contributed by atoms with E-state index in [0.29, 0.717) is 24.3 Å². The molecule has 0 aliphatic carbocycles. The minimum Gasteiger partial charge on any atom is -0.375 e. The summed E-state index contributed by atoms with van der Waals surface area (Å²) < 4.78 is 11.3. The molecule has 1 aliphatic rings. The molecule has 2 aromatic rings. The Bertz CT molecular complexity index is 594. The van der Waals surface area contributed by atoms with E-state index in [4.69, 9.17) is 9.26 Å². The second-order valence-electron chi connectivity index (χ2n) is 6.31. The number of nitrogens with zero attached hydrogens (tertiary/aromatic N) is 3. The fraction of sp³-hybridized carbons (Fsp3) is 0.625. The molecule has 1 saturated heterocycles. The van der Waals surface area contributed by atoms with E-state index >= 15 is 0 Å². The van der Waals surface area contributed by atoms with Gasteiger partial charge in [-0.05, 0) is 44.7 Å². The third-order valence-electron chi connectivity index (χ3n) is 4.14. The lowest BCUT2D eigenvalue weighted by Crippen LogP contribution is -2.45. The largest absolute Gasteiger partial charge is 0.375 e. The molecule has 2 aromatic heterocycles. The van der Waals surface area contributed by atoms with Crippen LogP contribution in [0.3, 0.4) is 0 Å². The highest BCUT2D eigenvalue weighted by Gasteiger charge is 2.32. The fourth-order valence-electron chi connectivity index (χ4n) is 3.01. The van der Waals surface area contributed by atoms with Crippen molar-refractivity contribution >= 4 is 11.3 Å². The van der Waals surface area contributed by atoms with Gasteiger partial charge in [0.15, 0.2) is 0 Å². The van der Waals surface area contributed by atoms with Crippen LogP contribution in [0.5, 0.6) is 0 Å². The molecule has 0 radical (unpaired) electrons. The number of thiophene rings is 1. The Labute approximate surface area is 135 Å². The SMILES string of the molecule is CCN(Cc1nc(-c2cccs2)no1)[C@H]1CCOC(C)(C)C1. The van der Waals surface area contributed by atoms with Gasteiger partial charge in [-0.3, -0.25) is 4.90 Å². The quantitative estimate of drug-likeness (QED) is 0.842. The third-order valence-corrected chi connectivity index (χ3v) is 5.01.